The van der Waals surface area contributed by atoms with Gasteiger partial charge in [-0.05, 0) is 83.5 Å². The van der Waals surface area contributed by atoms with Gasteiger partial charge in [-0.2, -0.15) is 0 Å². The predicted molar refractivity (Wildman–Crippen MR) is 366 cm³/mol. The zero-order valence-electron chi connectivity index (χ0n) is 56.2. The molecule has 6 nitrogen and oxygen atoms in total. The SMILES string of the molecule is CCCCCCCC/C=C\CCCCCCCCCCCC(=O)OCCCCCCCCCCCCCC/C=C\CCCCCCCCCCCCC(=O)NC(CO)C(O)/C=C/CCCCCCCCCCCCCCCCCCCCC. The topological polar surface area (TPSA) is 95.9 Å². The Kier molecular flexibility index (Phi) is 70.9. The number of aliphatic hydroxyl groups excluding tert-OH is 2. The lowest BCUT2D eigenvalue weighted by atomic mass is 10.0. The highest BCUT2D eigenvalue weighted by Gasteiger charge is 2.18. The maximum atomic E-state index is 12.5. The fraction of sp³-hybridized carbons (Fsp3) is 0.896. The van der Waals surface area contributed by atoms with Gasteiger partial charge >= 0.3 is 5.97 Å². The van der Waals surface area contributed by atoms with Crippen LogP contribution in [0.15, 0.2) is 36.5 Å². The third-order valence-electron chi connectivity index (χ3n) is 17.6. The zero-order chi connectivity index (χ0) is 59.9. The number of carbonyl (C=O) groups excluding carboxylic acids is 2. The van der Waals surface area contributed by atoms with Crippen LogP contribution >= 0.6 is 0 Å². The van der Waals surface area contributed by atoms with Crippen molar-refractivity contribution in [3.63, 3.8) is 0 Å². The summed E-state index contributed by atoms with van der Waals surface area (Å²) in [5.74, 6) is -0.0517. The maximum Gasteiger partial charge on any atom is 0.305 e. The molecule has 490 valence electrons. The van der Waals surface area contributed by atoms with Crippen molar-refractivity contribution in [2.45, 2.75) is 431 Å². The second kappa shape index (κ2) is 72.6. The zero-order valence-corrected chi connectivity index (χ0v) is 56.2. The summed E-state index contributed by atoms with van der Waals surface area (Å²) in [7, 11) is 0. The standard InChI is InChI=1S/C77H147NO5/c1-3-5-7-9-11-13-15-17-19-21-23-30-34-37-41-45-49-53-57-61-65-69-75(80)74(73-79)78-76(81)70-66-62-58-54-50-46-42-38-35-31-28-26-24-25-27-29-32-36-40-44-48-52-56-60-64-68-72-83-77(82)71-67-63-59-55-51-47-43-39-33-22-20-18-16-14-12-10-8-6-4-2/h18,20,24,26,65,69,74-75,79-80H,3-17,19,21-23,25,27-64,66-68,70-73H2,1-2H3,(H,78,81)/b20-18-,26-24-,69-65+. The van der Waals surface area contributed by atoms with E-state index in [1.165, 1.54) is 347 Å². The number of unbranched alkanes of at least 4 members (excludes halogenated alkanes) is 56. The summed E-state index contributed by atoms with van der Waals surface area (Å²) in [5.41, 5.74) is 0. The highest BCUT2D eigenvalue weighted by Crippen LogP contribution is 2.19. The lowest BCUT2D eigenvalue weighted by Crippen LogP contribution is -2.45. The van der Waals surface area contributed by atoms with Crippen molar-refractivity contribution < 1.29 is 24.5 Å². The Balaban J connectivity index is 3.40. The van der Waals surface area contributed by atoms with E-state index < -0.39 is 12.1 Å². The minimum atomic E-state index is -0.847. The lowest BCUT2D eigenvalue weighted by molar-refractivity contribution is -0.143. The Morgan fingerprint density at radius 3 is 0.855 bits per heavy atom. The van der Waals surface area contributed by atoms with E-state index in [0.29, 0.717) is 19.4 Å². The molecule has 0 bridgehead atoms. The molecule has 0 saturated carbocycles. The largest absolute Gasteiger partial charge is 0.466 e. The molecule has 3 N–H and O–H groups in total. The fourth-order valence-corrected chi connectivity index (χ4v) is 11.9. The van der Waals surface area contributed by atoms with E-state index in [-0.39, 0.29) is 18.5 Å². The van der Waals surface area contributed by atoms with Crippen LogP contribution in [0.2, 0.25) is 0 Å². The highest BCUT2D eigenvalue weighted by atomic mass is 16.5. The number of ether oxygens (including phenoxy) is 1. The highest BCUT2D eigenvalue weighted by molar-refractivity contribution is 5.76. The lowest BCUT2D eigenvalue weighted by Gasteiger charge is -2.20. The van der Waals surface area contributed by atoms with Gasteiger partial charge < -0.3 is 20.3 Å². The third-order valence-corrected chi connectivity index (χ3v) is 17.6. The first-order chi connectivity index (χ1) is 41.0. The normalized spacial score (nSPS) is 12.7. The summed E-state index contributed by atoms with van der Waals surface area (Å²) < 4.78 is 5.51. The molecule has 0 spiro atoms. The van der Waals surface area contributed by atoms with E-state index in [9.17, 15) is 19.8 Å². The third kappa shape index (κ3) is 69.1. The van der Waals surface area contributed by atoms with E-state index in [2.05, 4.69) is 43.5 Å². The monoisotopic (exact) mass is 1170 g/mol. The fourth-order valence-electron chi connectivity index (χ4n) is 11.9. The molecule has 0 aliphatic carbocycles. The molecule has 2 atom stereocenters. The molecule has 2 unspecified atom stereocenters. The van der Waals surface area contributed by atoms with Crippen LogP contribution < -0.4 is 5.32 Å². The minimum absolute atomic E-state index is 0.0143. The summed E-state index contributed by atoms with van der Waals surface area (Å²) >= 11 is 0. The number of esters is 1. The summed E-state index contributed by atoms with van der Waals surface area (Å²) in [6.45, 7) is 4.94. The Morgan fingerprint density at radius 2 is 0.566 bits per heavy atom. The number of hydrogen-bond donors (Lipinski definition) is 3. The van der Waals surface area contributed by atoms with Crippen molar-refractivity contribution in [1.82, 2.24) is 5.32 Å². The predicted octanol–water partition coefficient (Wildman–Crippen LogP) is 24.7. The van der Waals surface area contributed by atoms with Crippen LogP contribution in [0, 0.1) is 0 Å². The Labute approximate surface area is 519 Å². The molecule has 0 aromatic heterocycles. The average molecular weight is 1170 g/mol. The summed E-state index contributed by atoms with van der Waals surface area (Å²) in [4.78, 5) is 24.7. The van der Waals surface area contributed by atoms with Gasteiger partial charge in [-0.1, -0.05) is 359 Å². The van der Waals surface area contributed by atoms with Crippen molar-refractivity contribution in [1.29, 1.82) is 0 Å². The van der Waals surface area contributed by atoms with Gasteiger partial charge in [0, 0.05) is 12.8 Å². The first-order valence-corrected chi connectivity index (χ1v) is 37.8. The molecule has 0 rings (SSSR count). The number of carbonyl (C=O) groups is 2. The van der Waals surface area contributed by atoms with Gasteiger partial charge in [-0.3, -0.25) is 9.59 Å². The molecule has 0 fully saturated rings. The molecule has 0 aliphatic rings. The minimum Gasteiger partial charge on any atom is -0.466 e. The van der Waals surface area contributed by atoms with Crippen molar-refractivity contribution in [3.05, 3.63) is 36.5 Å². The van der Waals surface area contributed by atoms with E-state index >= 15 is 0 Å². The molecule has 0 aromatic rings. The second-order valence-corrected chi connectivity index (χ2v) is 26.0. The van der Waals surface area contributed by atoms with Gasteiger partial charge in [0.25, 0.3) is 0 Å². The molecule has 6 heteroatoms. The molecular weight excluding hydrogens is 1020 g/mol. The van der Waals surface area contributed by atoms with Crippen LogP contribution in [0.3, 0.4) is 0 Å². The van der Waals surface area contributed by atoms with Crippen LogP contribution in [0.25, 0.3) is 0 Å². The number of amides is 1. The summed E-state index contributed by atoms with van der Waals surface area (Å²) in [5, 5.41) is 23.3. The van der Waals surface area contributed by atoms with Crippen LogP contribution in [-0.4, -0.2) is 47.4 Å². The van der Waals surface area contributed by atoms with Crippen molar-refractivity contribution in [3.8, 4) is 0 Å². The number of hydrogen-bond acceptors (Lipinski definition) is 5. The first kappa shape index (κ1) is 81.1. The molecule has 0 radical (unpaired) electrons. The van der Waals surface area contributed by atoms with Crippen LogP contribution in [0.5, 0.6) is 0 Å². The van der Waals surface area contributed by atoms with Gasteiger partial charge in [0.05, 0.1) is 25.4 Å². The summed E-state index contributed by atoms with van der Waals surface area (Å²) in [6.07, 6.45) is 93.8. The average Bonchev–Trinajstić information content (AvgIpc) is 3.49. The van der Waals surface area contributed by atoms with Crippen LogP contribution in [0.1, 0.15) is 418 Å². The van der Waals surface area contributed by atoms with Crippen LogP contribution in [0.4, 0.5) is 0 Å². The van der Waals surface area contributed by atoms with Gasteiger partial charge in [0.15, 0.2) is 0 Å². The van der Waals surface area contributed by atoms with Crippen LogP contribution in [-0.2, 0) is 14.3 Å². The number of rotatable bonds is 71. The van der Waals surface area contributed by atoms with Gasteiger partial charge in [0.2, 0.25) is 5.91 Å². The summed E-state index contributed by atoms with van der Waals surface area (Å²) in [6, 6.07) is -0.631. The maximum absolute atomic E-state index is 12.5. The second-order valence-electron chi connectivity index (χ2n) is 26.0. The smallest absolute Gasteiger partial charge is 0.305 e. The Hall–Kier alpha value is -1.92. The molecule has 83 heavy (non-hydrogen) atoms. The van der Waals surface area contributed by atoms with Crippen molar-refractivity contribution in [2.24, 2.45) is 0 Å². The van der Waals surface area contributed by atoms with Gasteiger partial charge in [-0.25, -0.2) is 0 Å². The molecule has 0 saturated heterocycles. The van der Waals surface area contributed by atoms with Crippen molar-refractivity contribution in [2.75, 3.05) is 13.2 Å². The molecule has 0 aliphatic heterocycles. The van der Waals surface area contributed by atoms with Gasteiger partial charge in [0.1, 0.15) is 0 Å². The number of aliphatic hydroxyl groups is 2. The van der Waals surface area contributed by atoms with Gasteiger partial charge in [-0.15, -0.1) is 0 Å². The van der Waals surface area contributed by atoms with Crippen molar-refractivity contribution >= 4 is 11.9 Å². The number of allylic oxidation sites excluding steroid dienone is 5. The quantitative estimate of drug-likeness (QED) is 0.0320. The van der Waals surface area contributed by atoms with E-state index in [1.807, 2.05) is 6.08 Å². The first-order valence-electron chi connectivity index (χ1n) is 37.8. The van der Waals surface area contributed by atoms with E-state index in [1.54, 1.807) is 6.08 Å². The Morgan fingerprint density at radius 1 is 0.325 bits per heavy atom. The number of nitrogens with one attached hydrogen (secondary N) is 1. The van der Waals surface area contributed by atoms with E-state index in [4.69, 9.17) is 4.74 Å². The molecule has 0 heterocycles. The Bertz CT molecular complexity index is 1340. The van der Waals surface area contributed by atoms with E-state index in [0.717, 1.165) is 44.9 Å². The molecule has 0 aromatic carbocycles. The molecule has 1 amide bonds. The molecular formula is C77H147NO5.